The first kappa shape index (κ1) is 19.2. The number of aromatic nitrogens is 3. The molecule has 7 heteroatoms. The van der Waals surface area contributed by atoms with E-state index in [1.54, 1.807) is 18.6 Å². The number of imidazole rings is 1. The van der Waals surface area contributed by atoms with Gasteiger partial charge in [-0.15, -0.1) is 0 Å². The zero-order valence-electron chi connectivity index (χ0n) is 16.9. The van der Waals surface area contributed by atoms with Gasteiger partial charge < -0.3 is 18.6 Å². The van der Waals surface area contributed by atoms with Crippen molar-refractivity contribution in [2.75, 3.05) is 13.2 Å². The molecule has 0 aliphatic carbocycles. The molecule has 7 nitrogen and oxygen atoms in total. The van der Waals surface area contributed by atoms with E-state index in [4.69, 9.17) is 4.74 Å². The zero-order chi connectivity index (χ0) is 20.4. The van der Waals surface area contributed by atoms with Gasteiger partial charge in [0.15, 0.2) is 0 Å². The SMILES string of the molecule is Cc1c(C(=O)OCCC2CCCCN2C(=O)c2cccn2C)ccc2cncn12. The molecule has 4 rings (SSSR count). The molecule has 0 radical (unpaired) electrons. The van der Waals surface area contributed by atoms with Crippen molar-refractivity contribution >= 4 is 17.4 Å². The summed E-state index contributed by atoms with van der Waals surface area (Å²) in [5.41, 5.74) is 2.98. The van der Waals surface area contributed by atoms with Crippen LogP contribution in [0.2, 0.25) is 0 Å². The summed E-state index contributed by atoms with van der Waals surface area (Å²) < 4.78 is 9.29. The number of pyridine rings is 1. The van der Waals surface area contributed by atoms with Crippen LogP contribution in [0.1, 0.15) is 52.2 Å². The van der Waals surface area contributed by atoms with Crippen LogP contribution in [0.5, 0.6) is 0 Å². The van der Waals surface area contributed by atoms with E-state index in [2.05, 4.69) is 4.98 Å². The minimum atomic E-state index is -0.339. The van der Waals surface area contributed by atoms with Crippen LogP contribution in [0.25, 0.3) is 5.52 Å². The molecule has 0 aromatic carbocycles. The zero-order valence-corrected chi connectivity index (χ0v) is 16.9. The van der Waals surface area contributed by atoms with Crippen LogP contribution in [0.3, 0.4) is 0 Å². The number of piperidine rings is 1. The fourth-order valence-corrected chi connectivity index (χ4v) is 4.11. The van der Waals surface area contributed by atoms with Crippen molar-refractivity contribution in [2.45, 2.75) is 38.6 Å². The summed E-state index contributed by atoms with van der Waals surface area (Å²) in [4.78, 5) is 31.6. The maximum Gasteiger partial charge on any atom is 0.339 e. The molecule has 1 aliphatic rings. The second-order valence-electron chi connectivity index (χ2n) is 7.60. The molecule has 1 aliphatic heterocycles. The first-order valence-corrected chi connectivity index (χ1v) is 10.1. The van der Waals surface area contributed by atoms with E-state index >= 15 is 0 Å². The Balaban J connectivity index is 1.39. The molecule has 1 amide bonds. The molecule has 152 valence electrons. The smallest absolute Gasteiger partial charge is 0.339 e. The average Bonchev–Trinajstić information content (AvgIpc) is 3.37. The van der Waals surface area contributed by atoms with E-state index in [1.807, 2.05) is 52.2 Å². The molecule has 0 spiro atoms. The lowest BCUT2D eigenvalue weighted by atomic mass is 9.99. The fourth-order valence-electron chi connectivity index (χ4n) is 4.11. The first-order valence-electron chi connectivity index (χ1n) is 10.1. The third-order valence-corrected chi connectivity index (χ3v) is 5.79. The molecule has 3 aromatic rings. The molecule has 1 fully saturated rings. The van der Waals surface area contributed by atoms with Crippen LogP contribution >= 0.6 is 0 Å². The standard InChI is InChI=1S/C22H26N4O3/c1-16-19(9-8-18-14-23-15-26(16)18)22(28)29-13-10-17-6-3-4-12-25(17)21(27)20-7-5-11-24(20)2/h5,7-9,11,14-15,17H,3-4,6,10,12-13H2,1-2H3. The number of nitrogens with zero attached hydrogens (tertiary/aromatic N) is 4. The number of ether oxygens (including phenoxy) is 1. The van der Waals surface area contributed by atoms with Gasteiger partial charge in [0.05, 0.1) is 30.2 Å². The van der Waals surface area contributed by atoms with Crippen LogP contribution < -0.4 is 0 Å². The Morgan fingerprint density at radius 2 is 2.10 bits per heavy atom. The summed E-state index contributed by atoms with van der Waals surface area (Å²) >= 11 is 0. The summed E-state index contributed by atoms with van der Waals surface area (Å²) in [7, 11) is 1.88. The fraction of sp³-hybridized carbons (Fsp3) is 0.409. The normalized spacial score (nSPS) is 16.9. The topological polar surface area (TPSA) is 68.8 Å². The van der Waals surface area contributed by atoms with Crippen molar-refractivity contribution in [3.63, 3.8) is 0 Å². The third kappa shape index (κ3) is 3.77. The molecule has 1 atom stereocenters. The highest BCUT2D eigenvalue weighted by Crippen LogP contribution is 2.22. The predicted molar refractivity (Wildman–Crippen MR) is 109 cm³/mol. The highest BCUT2D eigenvalue weighted by atomic mass is 16.5. The van der Waals surface area contributed by atoms with Crippen molar-refractivity contribution < 1.29 is 14.3 Å². The Labute approximate surface area is 169 Å². The minimum Gasteiger partial charge on any atom is -0.462 e. The van der Waals surface area contributed by atoms with Crippen molar-refractivity contribution in [3.05, 3.63) is 59.9 Å². The highest BCUT2D eigenvalue weighted by Gasteiger charge is 2.28. The van der Waals surface area contributed by atoms with E-state index in [9.17, 15) is 9.59 Å². The van der Waals surface area contributed by atoms with Crippen molar-refractivity contribution in [3.8, 4) is 0 Å². The number of carbonyl (C=O) groups is 2. The highest BCUT2D eigenvalue weighted by molar-refractivity contribution is 5.93. The Hall–Kier alpha value is -3.09. The number of amides is 1. The van der Waals surface area contributed by atoms with Crippen molar-refractivity contribution in [1.29, 1.82) is 0 Å². The average molecular weight is 394 g/mol. The van der Waals surface area contributed by atoms with Gasteiger partial charge in [0.2, 0.25) is 0 Å². The molecular weight excluding hydrogens is 368 g/mol. The van der Waals surface area contributed by atoms with E-state index in [1.165, 1.54) is 0 Å². The van der Waals surface area contributed by atoms with Crippen LogP contribution in [-0.4, -0.2) is 49.9 Å². The van der Waals surface area contributed by atoms with Gasteiger partial charge in [-0.3, -0.25) is 4.79 Å². The van der Waals surface area contributed by atoms with E-state index in [0.717, 1.165) is 37.0 Å². The molecule has 29 heavy (non-hydrogen) atoms. The molecule has 1 unspecified atom stereocenters. The summed E-state index contributed by atoms with van der Waals surface area (Å²) in [6, 6.07) is 7.46. The number of hydrogen-bond acceptors (Lipinski definition) is 4. The molecule has 0 N–H and O–H groups in total. The molecule has 3 aromatic heterocycles. The number of aryl methyl sites for hydroxylation is 2. The van der Waals surface area contributed by atoms with E-state index in [-0.39, 0.29) is 17.9 Å². The second kappa shape index (κ2) is 8.11. The summed E-state index contributed by atoms with van der Waals surface area (Å²) in [5.74, 6) is -0.288. The Kier molecular flexibility index (Phi) is 5.38. The van der Waals surface area contributed by atoms with Gasteiger partial charge in [-0.25, -0.2) is 9.78 Å². The molecule has 4 heterocycles. The quantitative estimate of drug-likeness (QED) is 0.623. The summed E-state index contributed by atoms with van der Waals surface area (Å²) in [6.07, 6.45) is 9.01. The number of likely N-dealkylation sites (tertiary alicyclic amines) is 1. The molecule has 0 saturated carbocycles. The number of rotatable bonds is 5. The molecular formula is C22H26N4O3. The summed E-state index contributed by atoms with van der Waals surface area (Å²) in [6.45, 7) is 2.92. The van der Waals surface area contributed by atoms with Crippen LogP contribution in [-0.2, 0) is 11.8 Å². The second-order valence-corrected chi connectivity index (χ2v) is 7.60. The van der Waals surface area contributed by atoms with Gasteiger partial charge in [0.25, 0.3) is 5.91 Å². The van der Waals surface area contributed by atoms with Crippen molar-refractivity contribution in [1.82, 2.24) is 18.9 Å². The van der Waals surface area contributed by atoms with Gasteiger partial charge in [0.1, 0.15) is 5.69 Å². The lowest BCUT2D eigenvalue weighted by Gasteiger charge is -2.35. The molecule has 0 bridgehead atoms. The van der Waals surface area contributed by atoms with Crippen LogP contribution in [0.4, 0.5) is 0 Å². The number of hydrogen-bond donors (Lipinski definition) is 0. The van der Waals surface area contributed by atoms with E-state index < -0.39 is 0 Å². The van der Waals surface area contributed by atoms with Gasteiger partial charge >= 0.3 is 5.97 Å². The maximum absolute atomic E-state index is 12.9. The predicted octanol–water partition coefficient (Wildman–Crippen LogP) is 3.22. The van der Waals surface area contributed by atoms with E-state index in [0.29, 0.717) is 24.3 Å². The number of fused-ring (bicyclic) bond motifs is 1. The number of carbonyl (C=O) groups excluding carboxylic acids is 2. The summed E-state index contributed by atoms with van der Waals surface area (Å²) in [5, 5.41) is 0. The minimum absolute atomic E-state index is 0.0509. The Morgan fingerprint density at radius 3 is 2.90 bits per heavy atom. The van der Waals surface area contributed by atoms with Crippen LogP contribution in [0, 0.1) is 6.92 Å². The first-order chi connectivity index (χ1) is 14.1. The van der Waals surface area contributed by atoms with Crippen molar-refractivity contribution in [2.24, 2.45) is 7.05 Å². The Morgan fingerprint density at radius 1 is 1.24 bits per heavy atom. The number of esters is 1. The maximum atomic E-state index is 12.9. The Bertz CT molecular complexity index is 1040. The third-order valence-electron chi connectivity index (χ3n) is 5.79. The van der Waals surface area contributed by atoms with Gasteiger partial charge in [-0.05, 0) is 50.5 Å². The monoisotopic (exact) mass is 394 g/mol. The molecule has 1 saturated heterocycles. The van der Waals surface area contributed by atoms with Crippen LogP contribution in [0.15, 0.2) is 43.0 Å². The van der Waals surface area contributed by atoms with Gasteiger partial charge in [-0.2, -0.15) is 0 Å². The largest absolute Gasteiger partial charge is 0.462 e. The lowest BCUT2D eigenvalue weighted by molar-refractivity contribution is 0.0405. The van der Waals surface area contributed by atoms with Gasteiger partial charge in [0, 0.05) is 37.9 Å². The lowest BCUT2D eigenvalue weighted by Crippen LogP contribution is -2.44. The van der Waals surface area contributed by atoms with Gasteiger partial charge in [-0.1, -0.05) is 0 Å².